The van der Waals surface area contributed by atoms with Crippen molar-refractivity contribution in [2.45, 2.75) is 19.3 Å². The Morgan fingerprint density at radius 3 is 2.75 bits per heavy atom. The molecule has 1 N–H and O–H groups in total. The fourth-order valence-electron chi connectivity index (χ4n) is 3.21. The Morgan fingerprint density at radius 1 is 1.10 bits per heavy atom. The van der Waals surface area contributed by atoms with E-state index in [1.807, 2.05) is 0 Å². The van der Waals surface area contributed by atoms with Gasteiger partial charge in [0.05, 0.1) is 0 Å². The van der Waals surface area contributed by atoms with Crippen LogP contribution in [0.1, 0.15) is 18.4 Å². The number of hydrogen-bond acceptors (Lipinski definition) is 2. The molecule has 0 atom stereocenters. The molecule has 0 unspecified atom stereocenters. The molecule has 3 heteroatoms. The maximum Gasteiger partial charge on any atom is 0.0480 e. The molecule has 108 valence electrons. The smallest absolute Gasteiger partial charge is 0.0480 e. The van der Waals surface area contributed by atoms with Gasteiger partial charge in [-0.3, -0.25) is 0 Å². The summed E-state index contributed by atoms with van der Waals surface area (Å²) in [5.41, 5.74) is 2.85. The zero-order valence-corrected chi connectivity index (χ0v) is 12.4. The monoisotopic (exact) mass is 271 g/mol. The molecule has 0 saturated carbocycles. The Kier molecular flexibility index (Phi) is 4.38. The maximum atomic E-state index is 3.41. The number of unbranched alkanes of at least 4 members (excludes halogenated alkanes) is 1. The number of rotatable bonds is 5. The van der Waals surface area contributed by atoms with Crippen molar-refractivity contribution in [2.75, 3.05) is 32.7 Å². The van der Waals surface area contributed by atoms with Crippen LogP contribution in [0, 0.1) is 0 Å². The molecule has 0 amide bonds. The lowest BCUT2D eigenvalue weighted by Crippen LogP contribution is -2.43. The quantitative estimate of drug-likeness (QED) is 0.843. The van der Waals surface area contributed by atoms with E-state index in [2.05, 4.69) is 52.3 Å². The Labute approximate surface area is 121 Å². The highest BCUT2D eigenvalue weighted by Crippen LogP contribution is 2.21. The van der Waals surface area contributed by atoms with Gasteiger partial charge in [0.15, 0.2) is 0 Å². The van der Waals surface area contributed by atoms with Gasteiger partial charge in [0.25, 0.3) is 0 Å². The van der Waals surface area contributed by atoms with Gasteiger partial charge >= 0.3 is 0 Å². The number of nitrogens with zero attached hydrogens (tertiary/aromatic N) is 2. The van der Waals surface area contributed by atoms with Crippen LogP contribution in [0.4, 0.5) is 0 Å². The van der Waals surface area contributed by atoms with Crippen molar-refractivity contribution >= 4 is 10.9 Å². The predicted octanol–water partition coefficient (Wildman–Crippen LogP) is 2.41. The molecule has 0 bridgehead atoms. The molecule has 0 spiro atoms. The first kappa shape index (κ1) is 13.7. The van der Waals surface area contributed by atoms with Gasteiger partial charge in [-0.25, -0.2) is 0 Å². The van der Waals surface area contributed by atoms with Gasteiger partial charge in [0.2, 0.25) is 0 Å². The minimum absolute atomic E-state index is 1.16. The summed E-state index contributed by atoms with van der Waals surface area (Å²) in [5, 5.41) is 4.84. The van der Waals surface area contributed by atoms with Gasteiger partial charge in [0, 0.05) is 50.3 Å². The first-order valence-electron chi connectivity index (χ1n) is 7.80. The molecular formula is C17H25N3. The molecule has 0 radical (unpaired) electrons. The summed E-state index contributed by atoms with van der Waals surface area (Å²) in [6.45, 7) is 6.00. The summed E-state index contributed by atoms with van der Waals surface area (Å²) in [6.07, 6.45) is 6.10. The molecule has 1 aliphatic rings. The van der Waals surface area contributed by atoms with Crippen LogP contribution in [0.25, 0.3) is 10.9 Å². The first-order valence-corrected chi connectivity index (χ1v) is 7.80. The highest BCUT2D eigenvalue weighted by atomic mass is 15.2. The number of benzene rings is 1. The van der Waals surface area contributed by atoms with E-state index in [0.717, 1.165) is 13.1 Å². The molecule has 1 saturated heterocycles. The summed E-state index contributed by atoms with van der Waals surface area (Å²) < 4.78 is 2.25. The van der Waals surface area contributed by atoms with E-state index in [-0.39, 0.29) is 0 Å². The molecule has 3 nitrogen and oxygen atoms in total. The fraction of sp³-hybridized carbons (Fsp3) is 0.529. The van der Waals surface area contributed by atoms with Crippen molar-refractivity contribution in [1.29, 1.82) is 0 Å². The average molecular weight is 271 g/mol. The molecule has 1 fully saturated rings. The molecule has 0 aliphatic carbocycles. The van der Waals surface area contributed by atoms with E-state index in [1.165, 1.54) is 55.4 Å². The number of para-hydroxylation sites is 1. The summed E-state index contributed by atoms with van der Waals surface area (Å²) in [4.78, 5) is 2.58. The minimum Gasteiger partial charge on any atom is -0.350 e. The molecule has 2 aromatic rings. The van der Waals surface area contributed by atoms with Gasteiger partial charge in [0.1, 0.15) is 0 Å². The van der Waals surface area contributed by atoms with Crippen molar-refractivity contribution < 1.29 is 0 Å². The van der Waals surface area contributed by atoms with Gasteiger partial charge in [-0.15, -0.1) is 0 Å². The average Bonchev–Trinajstić information content (AvgIpc) is 2.82. The van der Waals surface area contributed by atoms with Crippen molar-refractivity contribution in [3.8, 4) is 0 Å². The summed E-state index contributed by atoms with van der Waals surface area (Å²) in [6, 6.07) is 8.73. The van der Waals surface area contributed by atoms with Crippen molar-refractivity contribution in [2.24, 2.45) is 7.05 Å². The van der Waals surface area contributed by atoms with Gasteiger partial charge in [-0.05, 0) is 37.4 Å². The molecule has 20 heavy (non-hydrogen) atoms. The lowest BCUT2D eigenvalue weighted by atomic mass is 10.1. The maximum absolute atomic E-state index is 3.41. The van der Waals surface area contributed by atoms with Crippen LogP contribution in [0.3, 0.4) is 0 Å². The largest absolute Gasteiger partial charge is 0.350 e. The summed E-state index contributed by atoms with van der Waals surface area (Å²) >= 11 is 0. The van der Waals surface area contributed by atoms with E-state index in [0.29, 0.717) is 0 Å². The van der Waals surface area contributed by atoms with Crippen molar-refractivity contribution in [3.63, 3.8) is 0 Å². The number of hydrogen-bond donors (Lipinski definition) is 1. The van der Waals surface area contributed by atoms with Crippen LogP contribution in [-0.2, 0) is 13.5 Å². The SMILES string of the molecule is Cn1cc(CCCCN2CCNCC2)c2ccccc21. The van der Waals surface area contributed by atoms with Crippen molar-refractivity contribution in [3.05, 3.63) is 36.0 Å². The molecule has 2 heterocycles. The molecular weight excluding hydrogens is 246 g/mol. The van der Waals surface area contributed by atoms with E-state index in [4.69, 9.17) is 0 Å². The topological polar surface area (TPSA) is 20.2 Å². The third kappa shape index (κ3) is 3.05. The molecule has 1 aromatic carbocycles. The molecule has 3 rings (SSSR count). The normalized spacial score (nSPS) is 16.9. The van der Waals surface area contributed by atoms with Crippen LogP contribution in [0.2, 0.25) is 0 Å². The van der Waals surface area contributed by atoms with Crippen LogP contribution < -0.4 is 5.32 Å². The second-order valence-corrected chi connectivity index (χ2v) is 5.83. The Hall–Kier alpha value is -1.32. The summed E-state index contributed by atoms with van der Waals surface area (Å²) in [7, 11) is 2.15. The Morgan fingerprint density at radius 2 is 1.90 bits per heavy atom. The lowest BCUT2D eigenvalue weighted by molar-refractivity contribution is 0.237. The minimum atomic E-state index is 1.16. The van der Waals surface area contributed by atoms with Crippen LogP contribution in [0.5, 0.6) is 0 Å². The third-order valence-electron chi connectivity index (χ3n) is 4.36. The van der Waals surface area contributed by atoms with Gasteiger partial charge < -0.3 is 14.8 Å². The molecule has 1 aromatic heterocycles. The van der Waals surface area contributed by atoms with E-state index >= 15 is 0 Å². The standard InChI is InChI=1S/C17H25N3/c1-19-14-15(16-7-2-3-8-17(16)19)6-4-5-11-20-12-9-18-10-13-20/h2-3,7-8,14,18H,4-6,9-13H2,1H3. The molecule has 1 aliphatic heterocycles. The van der Waals surface area contributed by atoms with Gasteiger partial charge in [-0.2, -0.15) is 0 Å². The van der Waals surface area contributed by atoms with E-state index < -0.39 is 0 Å². The first-order chi connectivity index (χ1) is 9.84. The van der Waals surface area contributed by atoms with Crippen LogP contribution in [0.15, 0.2) is 30.5 Å². The van der Waals surface area contributed by atoms with Gasteiger partial charge in [-0.1, -0.05) is 18.2 Å². The van der Waals surface area contributed by atoms with Crippen LogP contribution >= 0.6 is 0 Å². The fourth-order valence-corrected chi connectivity index (χ4v) is 3.21. The summed E-state index contributed by atoms with van der Waals surface area (Å²) in [5.74, 6) is 0. The Balaban J connectivity index is 1.52. The predicted molar refractivity (Wildman–Crippen MR) is 85.2 cm³/mol. The number of nitrogens with one attached hydrogen (secondary N) is 1. The van der Waals surface area contributed by atoms with E-state index in [1.54, 1.807) is 0 Å². The Bertz CT molecular complexity index is 552. The third-order valence-corrected chi connectivity index (χ3v) is 4.36. The zero-order valence-electron chi connectivity index (χ0n) is 12.4. The lowest BCUT2D eigenvalue weighted by Gasteiger charge is -2.26. The highest BCUT2D eigenvalue weighted by molar-refractivity contribution is 5.83. The second-order valence-electron chi connectivity index (χ2n) is 5.83. The highest BCUT2D eigenvalue weighted by Gasteiger charge is 2.09. The zero-order chi connectivity index (χ0) is 13.8. The van der Waals surface area contributed by atoms with Crippen LogP contribution in [-0.4, -0.2) is 42.2 Å². The number of aromatic nitrogens is 1. The number of fused-ring (bicyclic) bond motifs is 1. The van der Waals surface area contributed by atoms with Crippen molar-refractivity contribution in [1.82, 2.24) is 14.8 Å². The number of aryl methyl sites for hydroxylation is 2. The number of piperazine rings is 1. The van der Waals surface area contributed by atoms with E-state index in [9.17, 15) is 0 Å². The second kappa shape index (κ2) is 6.42.